The molecular weight excluding hydrogens is 513 g/mol. The lowest BCUT2D eigenvalue weighted by molar-refractivity contribution is -0.137. The lowest BCUT2D eigenvalue weighted by Crippen LogP contribution is -2.37. The van der Waals surface area contributed by atoms with Crippen LogP contribution in [-0.2, 0) is 27.4 Å². The summed E-state index contributed by atoms with van der Waals surface area (Å²) in [5, 5.41) is 9.97. The smallest absolute Gasteiger partial charge is 0.416 e. The molecule has 0 fully saturated rings. The van der Waals surface area contributed by atoms with E-state index in [1.165, 1.54) is 41.3 Å². The fraction of sp³-hybridized carbons (Fsp3) is 0.200. The monoisotopic (exact) mass is 534 g/mol. The number of hydrogen-bond acceptors (Lipinski definition) is 6. The first-order chi connectivity index (χ1) is 17.3. The van der Waals surface area contributed by atoms with Crippen LogP contribution in [0.25, 0.3) is 11.1 Å². The van der Waals surface area contributed by atoms with Gasteiger partial charge in [-0.05, 0) is 59.5 Å². The van der Waals surface area contributed by atoms with Crippen molar-refractivity contribution in [1.29, 1.82) is 0 Å². The number of phenols is 1. The molecule has 1 aliphatic rings. The van der Waals surface area contributed by atoms with Crippen molar-refractivity contribution in [2.24, 2.45) is 0 Å². The number of phenolic OH excluding ortho intramolecular Hbond substituents is 1. The van der Waals surface area contributed by atoms with E-state index in [0.29, 0.717) is 28.8 Å². The van der Waals surface area contributed by atoms with Gasteiger partial charge < -0.3 is 14.7 Å². The molecule has 3 aromatic carbocycles. The van der Waals surface area contributed by atoms with Gasteiger partial charge in [-0.2, -0.15) is 13.2 Å². The van der Waals surface area contributed by atoms with Gasteiger partial charge in [0.1, 0.15) is 5.75 Å². The number of rotatable bonds is 5. The predicted octanol–water partition coefficient (Wildman–Crippen LogP) is 4.44. The Morgan fingerprint density at radius 3 is 2.41 bits per heavy atom. The third kappa shape index (κ3) is 5.38. The first-order valence-electron chi connectivity index (χ1n) is 10.8. The minimum absolute atomic E-state index is 0.0772. The van der Waals surface area contributed by atoms with Gasteiger partial charge in [0.05, 0.1) is 30.2 Å². The summed E-state index contributed by atoms with van der Waals surface area (Å²) in [7, 11) is -2.60. The topological polar surface area (TPSA) is 113 Å². The van der Waals surface area contributed by atoms with Crippen molar-refractivity contribution < 1.29 is 41.0 Å². The SMILES string of the molecule is COC(=O)c1cc(C(F)(F)F)ccc1-c1ccc2c(c1)CCN(c1ccc(O)c(NS(C)(=O)=O)c1)C2=O. The van der Waals surface area contributed by atoms with Gasteiger partial charge in [0.15, 0.2) is 0 Å². The molecule has 1 heterocycles. The van der Waals surface area contributed by atoms with Crippen LogP contribution in [0.1, 0.15) is 31.8 Å². The number of halogens is 3. The molecule has 12 heteroatoms. The molecule has 0 bridgehead atoms. The summed E-state index contributed by atoms with van der Waals surface area (Å²) in [6, 6.07) is 11.6. The summed E-state index contributed by atoms with van der Waals surface area (Å²) >= 11 is 0. The van der Waals surface area contributed by atoms with Crippen LogP contribution in [0.15, 0.2) is 54.6 Å². The van der Waals surface area contributed by atoms with Crippen molar-refractivity contribution in [2.45, 2.75) is 12.6 Å². The molecular formula is C25H21F3N2O6S. The van der Waals surface area contributed by atoms with Crippen molar-refractivity contribution >= 4 is 33.3 Å². The van der Waals surface area contributed by atoms with Gasteiger partial charge >= 0.3 is 12.1 Å². The van der Waals surface area contributed by atoms with Gasteiger partial charge in [0.2, 0.25) is 10.0 Å². The number of fused-ring (bicyclic) bond motifs is 1. The summed E-state index contributed by atoms with van der Waals surface area (Å²) in [6.45, 7) is 0.218. The number of nitrogens with one attached hydrogen (secondary N) is 1. The van der Waals surface area contributed by atoms with Crippen LogP contribution in [0.2, 0.25) is 0 Å². The molecule has 3 aromatic rings. The molecule has 0 saturated carbocycles. The molecule has 1 aliphatic heterocycles. The molecule has 0 unspecified atom stereocenters. The fourth-order valence-electron chi connectivity index (χ4n) is 4.13. The quantitative estimate of drug-likeness (QED) is 0.370. The number of esters is 1. The Labute approximate surface area is 210 Å². The summed E-state index contributed by atoms with van der Waals surface area (Å²) in [4.78, 5) is 26.9. The third-order valence-electron chi connectivity index (χ3n) is 5.84. The molecule has 0 spiro atoms. The maximum atomic E-state index is 13.2. The van der Waals surface area contributed by atoms with Crippen molar-refractivity contribution in [3.8, 4) is 16.9 Å². The van der Waals surface area contributed by atoms with E-state index in [0.717, 1.165) is 25.5 Å². The maximum absolute atomic E-state index is 13.2. The molecule has 4 rings (SSSR count). The standard InChI is InChI=1S/C25H21F3N2O6S/c1-36-24(33)20-12-16(25(26,27)28)4-7-18(20)14-3-6-19-15(11-14)9-10-30(23(19)32)17-5-8-22(31)21(13-17)29-37(2,34)35/h3-8,11-13,29,31H,9-10H2,1-2H3. The fourth-order valence-corrected chi connectivity index (χ4v) is 4.69. The van der Waals surface area contributed by atoms with Crippen LogP contribution in [0.4, 0.5) is 24.5 Å². The summed E-state index contributed by atoms with van der Waals surface area (Å²) in [6.07, 6.45) is -3.34. The minimum Gasteiger partial charge on any atom is -0.506 e. The van der Waals surface area contributed by atoms with Crippen molar-refractivity contribution in [3.05, 3.63) is 76.9 Å². The molecule has 194 valence electrons. The number of alkyl halides is 3. The lowest BCUT2D eigenvalue weighted by atomic mass is 9.91. The highest BCUT2D eigenvalue weighted by molar-refractivity contribution is 7.92. The zero-order valence-electron chi connectivity index (χ0n) is 19.6. The zero-order chi connectivity index (χ0) is 27.1. The second kappa shape index (κ2) is 9.43. The highest BCUT2D eigenvalue weighted by Gasteiger charge is 2.32. The summed E-state index contributed by atoms with van der Waals surface area (Å²) < 4.78 is 69.6. The highest BCUT2D eigenvalue weighted by atomic mass is 32.2. The first-order valence-corrected chi connectivity index (χ1v) is 12.7. The van der Waals surface area contributed by atoms with E-state index >= 15 is 0 Å². The average molecular weight is 535 g/mol. The van der Waals surface area contributed by atoms with E-state index in [4.69, 9.17) is 0 Å². The van der Waals surface area contributed by atoms with Crippen LogP contribution < -0.4 is 9.62 Å². The number of hydrogen-bond donors (Lipinski definition) is 2. The number of ether oxygens (including phenoxy) is 1. The number of anilines is 2. The van der Waals surface area contributed by atoms with E-state index in [-0.39, 0.29) is 35.0 Å². The molecule has 8 nitrogen and oxygen atoms in total. The van der Waals surface area contributed by atoms with Crippen LogP contribution >= 0.6 is 0 Å². The number of carbonyl (C=O) groups is 2. The number of amides is 1. The summed E-state index contributed by atoms with van der Waals surface area (Å²) in [5.41, 5.74) is 0.682. The van der Waals surface area contributed by atoms with Gasteiger partial charge in [-0.1, -0.05) is 18.2 Å². The molecule has 0 aliphatic carbocycles. The van der Waals surface area contributed by atoms with Gasteiger partial charge in [-0.15, -0.1) is 0 Å². The molecule has 0 atom stereocenters. The van der Waals surface area contributed by atoms with Crippen LogP contribution in [0.5, 0.6) is 5.75 Å². The number of nitrogens with zero attached hydrogens (tertiary/aromatic N) is 1. The van der Waals surface area contributed by atoms with E-state index < -0.39 is 27.7 Å². The van der Waals surface area contributed by atoms with E-state index in [1.54, 1.807) is 6.07 Å². The Hall–Kier alpha value is -4.06. The molecule has 37 heavy (non-hydrogen) atoms. The maximum Gasteiger partial charge on any atom is 0.416 e. The summed E-state index contributed by atoms with van der Waals surface area (Å²) in [5.74, 6) is -1.61. The normalized spacial score (nSPS) is 13.8. The minimum atomic E-state index is -4.64. The number of carbonyl (C=O) groups excluding carboxylic acids is 2. The Morgan fingerprint density at radius 2 is 1.76 bits per heavy atom. The van der Waals surface area contributed by atoms with Gasteiger partial charge in [0, 0.05) is 17.8 Å². The Morgan fingerprint density at radius 1 is 1.05 bits per heavy atom. The molecule has 0 aromatic heterocycles. The highest BCUT2D eigenvalue weighted by Crippen LogP contribution is 2.36. The number of methoxy groups -OCH3 is 1. The number of aromatic hydroxyl groups is 1. The van der Waals surface area contributed by atoms with Crippen LogP contribution in [0.3, 0.4) is 0 Å². The van der Waals surface area contributed by atoms with Crippen molar-refractivity contribution in [3.63, 3.8) is 0 Å². The second-order valence-electron chi connectivity index (χ2n) is 8.40. The van der Waals surface area contributed by atoms with Crippen molar-refractivity contribution in [2.75, 3.05) is 29.5 Å². The van der Waals surface area contributed by atoms with E-state index in [2.05, 4.69) is 9.46 Å². The lowest BCUT2D eigenvalue weighted by Gasteiger charge is -2.29. The Balaban J connectivity index is 1.69. The molecule has 2 N–H and O–H groups in total. The van der Waals surface area contributed by atoms with Crippen molar-refractivity contribution in [1.82, 2.24) is 0 Å². The van der Waals surface area contributed by atoms with Crippen LogP contribution in [0, 0.1) is 0 Å². The largest absolute Gasteiger partial charge is 0.506 e. The molecule has 0 saturated heterocycles. The third-order valence-corrected chi connectivity index (χ3v) is 6.43. The van der Waals surface area contributed by atoms with Gasteiger partial charge in [-0.25, -0.2) is 13.2 Å². The molecule has 1 amide bonds. The van der Waals surface area contributed by atoms with Gasteiger partial charge in [-0.3, -0.25) is 9.52 Å². The van der Waals surface area contributed by atoms with Gasteiger partial charge in [0.25, 0.3) is 5.91 Å². The van der Waals surface area contributed by atoms with E-state index in [1.807, 2.05) is 0 Å². The zero-order valence-corrected chi connectivity index (χ0v) is 20.4. The second-order valence-corrected chi connectivity index (χ2v) is 10.2. The number of sulfonamides is 1. The predicted molar refractivity (Wildman–Crippen MR) is 130 cm³/mol. The first kappa shape index (κ1) is 26.0. The van der Waals surface area contributed by atoms with Crippen LogP contribution in [-0.4, -0.2) is 45.3 Å². The van der Waals surface area contributed by atoms with E-state index in [9.17, 15) is 36.3 Å². The Bertz CT molecular complexity index is 1520. The molecule has 0 radical (unpaired) electrons. The average Bonchev–Trinajstić information content (AvgIpc) is 2.83. The Kier molecular flexibility index (Phi) is 6.63. The number of benzene rings is 3.